The lowest BCUT2D eigenvalue weighted by Crippen LogP contribution is -2.39. The Labute approximate surface area is 217 Å². The van der Waals surface area contributed by atoms with Crippen molar-refractivity contribution in [3.8, 4) is 5.88 Å². The standard InChI is InChI=1S/C28H36N6O3/c1-18(20-10-8-16-34(20)2)37-24-17-23(31-22-12-4-6-15-30-22)32-27(33-24)25(29)19-9-7-14-28(26(19)36)13-5-3-11-21(28)35/h4,6,12,15,17-18,20,29,36H,3,5,7-11,13-14,16H2,1-2H3,(H,30,31,32,33)/t18-,20-,28+/m0/s1. The van der Waals surface area contributed by atoms with E-state index < -0.39 is 5.41 Å². The summed E-state index contributed by atoms with van der Waals surface area (Å²) in [7, 11) is 2.10. The number of nitrogens with one attached hydrogen (secondary N) is 2. The van der Waals surface area contributed by atoms with Crippen molar-refractivity contribution < 1.29 is 14.6 Å². The van der Waals surface area contributed by atoms with E-state index in [1.165, 1.54) is 0 Å². The molecular formula is C28H36N6O3. The van der Waals surface area contributed by atoms with E-state index in [4.69, 9.17) is 10.1 Å². The number of aliphatic hydroxyl groups is 1. The number of allylic oxidation sites excluding steroid dienone is 2. The highest BCUT2D eigenvalue weighted by Gasteiger charge is 2.47. The maximum Gasteiger partial charge on any atom is 0.219 e. The molecule has 5 rings (SSSR count). The van der Waals surface area contributed by atoms with Crippen molar-refractivity contribution in [2.75, 3.05) is 18.9 Å². The molecule has 0 aromatic carbocycles. The molecule has 1 spiro atoms. The van der Waals surface area contributed by atoms with Crippen LogP contribution in [0.3, 0.4) is 0 Å². The second kappa shape index (κ2) is 10.6. The van der Waals surface area contributed by atoms with Gasteiger partial charge in [0.25, 0.3) is 0 Å². The van der Waals surface area contributed by atoms with Crippen molar-refractivity contribution in [2.45, 2.75) is 76.9 Å². The molecule has 3 aliphatic rings. The van der Waals surface area contributed by atoms with Crippen LogP contribution in [-0.2, 0) is 4.79 Å². The molecule has 0 unspecified atom stereocenters. The molecule has 9 nitrogen and oxygen atoms in total. The summed E-state index contributed by atoms with van der Waals surface area (Å²) in [5, 5.41) is 23.5. The normalized spacial score (nSPS) is 25.4. The Morgan fingerprint density at radius 1 is 1.19 bits per heavy atom. The monoisotopic (exact) mass is 504 g/mol. The maximum absolute atomic E-state index is 12.9. The molecular weight excluding hydrogens is 468 g/mol. The zero-order valence-electron chi connectivity index (χ0n) is 21.7. The molecule has 1 saturated heterocycles. The van der Waals surface area contributed by atoms with Gasteiger partial charge in [-0.1, -0.05) is 12.5 Å². The fourth-order valence-electron chi connectivity index (χ4n) is 6.10. The number of rotatable bonds is 7. The minimum atomic E-state index is -0.858. The number of ether oxygens (including phenoxy) is 1. The van der Waals surface area contributed by atoms with Crippen LogP contribution in [0.4, 0.5) is 11.6 Å². The Balaban J connectivity index is 1.49. The number of nitrogens with zero attached hydrogens (tertiary/aromatic N) is 4. The van der Waals surface area contributed by atoms with Gasteiger partial charge in [0.2, 0.25) is 5.88 Å². The van der Waals surface area contributed by atoms with Crippen LogP contribution in [0.5, 0.6) is 5.88 Å². The smallest absolute Gasteiger partial charge is 0.219 e. The third-order valence-corrected chi connectivity index (χ3v) is 8.14. The van der Waals surface area contributed by atoms with E-state index in [9.17, 15) is 9.90 Å². The summed E-state index contributed by atoms with van der Waals surface area (Å²) in [5.41, 5.74) is -0.357. The highest BCUT2D eigenvalue weighted by atomic mass is 16.5. The van der Waals surface area contributed by atoms with Crippen LogP contribution in [0.1, 0.15) is 70.5 Å². The van der Waals surface area contributed by atoms with Gasteiger partial charge >= 0.3 is 0 Å². The van der Waals surface area contributed by atoms with Crippen molar-refractivity contribution in [3.05, 3.63) is 47.6 Å². The SMILES string of the molecule is C[C@H](Oc1cc(Nc2ccccn2)nc(C(=N)C2=C(O)[C@]3(CCCCC3=O)CCC2)n1)[C@@H]1CCCN1C. The molecule has 9 heteroatoms. The summed E-state index contributed by atoms with van der Waals surface area (Å²) in [6.07, 6.45) is 8.56. The molecule has 0 radical (unpaired) electrons. The summed E-state index contributed by atoms with van der Waals surface area (Å²) < 4.78 is 6.30. The van der Waals surface area contributed by atoms with Gasteiger partial charge in [-0.3, -0.25) is 15.1 Å². The number of anilines is 2. The lowest BCUT2D eigenvalue weighted by atomic mass is 9.64. The van der Waals surface area contributed by atoms with Crippen LogP contribution in [-0.4, -0.2) is 62.2 Å². The molecule has 1 saturated carbocycles. The molecule has 3 N–H and O–H groups in total. The van der Waals surface area contributed by atoms with Crippen LogP contribution in [0, 0.1) is 10.8 Å². The number of Topliss-reactive ketones (excluding diaryl/α,β-unsaturated/α-hetero) is 1. The maximum atomic E-state index is 12.9. The van der Waals surface area contributed by atoms with E-state index in [-0.39, 0.29) is 35.2 Å². The molecule has 2 aromatic heterocycles. The van der Waals surface area contributed by atoms with Gasteiger partial charge in [0.15, 0.2) is 5.82 Å². The zero-order valence-corrected chi connectivity index (χ0v) is 21.7. The first-order chi connectivity index (χ1) is 17.9. The minimum Gasteiger partial charge on any atom is -0.511 e. The average molecular weight is 505 g/mol. The third kappa shape index (κ3) is 5.09. The van der Waals surface area contributed by atoms with Gasteiger partial charge < -0.3 is 15.2 Å². The van der Waals surface area contributed by atoms with Gasteiger partial charge in [0.05, 0.1) is 5.41 Å². The molecule has 0 amide bonds. The molecule has 196 valence electrons. The molecule has 2 aliphatic carbocycles. The van der Waals surface area contributed by atoms with Crippen molar-refractivity contribution in [1.29, 1.82) is 5.41 Å². The van der Waals surface area contributed by atoms with Gasteiger partial charge in [-0.15, -0.1) is 0 Å². The molecule has 0 bridgehead atoms. The number of aliphatic hydroxyl groups excluding tert-OH is 1. The van der Waals surface area contributed by atoms with Gasteiger partial charge in [0, 0.05) is 30.3 Å². The fraction of sp³-hybridized carbons (Fsp3) is 0.536. The van der Waals surface area contributed by atoms with Crippen molar-refractivity contribution >= 4 is 23.1 Å². The number of hydrogen-bond donors (Lipinski definition) is 3. The van der Waals surface area contributed by atoms with E-state index in [1.807, 2.05) is 25.1 Å². The van der Waals surface area contributed by atoms with Crippen molar-refractivity contribution in [3.63, 3.8) is 0 Å². The van der Waals surface area contributed by atoms with E-state index in [0.717, 1.165) is 38.6 Å². The molecule has 37 heavy (non-hydrogen) atoms. The van der Waals surface area contributed by atoms with Gasteiger partial charge in [-0.05, 0) is 77.6 Å². The number of hydrogen-bond acceptors (Lipinski definition) is 9. The van der Waals surface area contributed by atoms with Crippen molar-refractivity contribution in [2.24, 2.45) is 5.41 Å². The van der Waals surface area contributed by atoms with Gasteiger partial charge in [-0.2, -0.15) is 4.98 Å². The summed E-state index contributed by atoms with van der Waals surface area (Å²) in [6, 6.07) is 7.55. The highest BCUT2D eigenvalue weighted by molar-refractivity contribution is 6.09. The van der Waals surface area contributed by atoms with Crippen molar-refractivity contribution in [1.82, 2.24) is 19.9 Å². The number of ketones is 1. The molecule has 2 aromatic rings. The van der Waals surface area contributed by atoms with E-state index in [0.29, 0.717) is 48.8 Å². The first-order valence-corrected chi connectivity index (χ1v) is 13.4. The number of likely N-dealkylation sites (tertiary alicyclic amines) is 1. The molecule has 1 aliphatic heterocycles. The van der Waals surface area contributed by atoms with Crippen LogP contribution in [0.2, 0.25) is 0 Å². The van der Waals surface area contributed by atoms with E-state index >= 15 is 0 Å². The second-order valence-corrected chi connectivity index (χ2v) is 10.5. The highest BCUT2D eigenvalue weighted by Crippen LogP contribution is 2.48. The topological polar surface area (TPSA) is 124 Å². The predicted octanol–water partition coefficient (Wildman–Crippen LogP) is 4.97. The van der Waals surface area contributed by atoms with Crippen LogP contribution in [0.15, 0.2) is 41.8 Å². The number of carbonyl (C=O) groups excluding carboxylic acids is 1. The number of pyridine rings is 1. The Morgan fingerprint density at radius 2 is 2.03 bits per heavy atom. The first kappa shape index (κ1) is 25.3. The summed E-state index contributed by atoms with van der Waals surface area (Å²) >= 11 is 0. The summed E-state index contributed by atoms with van der Waals surface area (Å²) in [6.45, 7) is 3.08. The zero-order chi connectivity index (χ0) is 26.0. The number of carbonyl (C=O) groups is 1. The second-order valence-electron chi connectivity index (χ2n) is 10.5. The van der Waals surface area contributed by atoms with Crippen LogP contribution < -0.4 is 10.1 Å². The minimum absolute atomic E-state index is 0.0371. The largest absolute Gasteiger partial charge is 0.511 e. The van der Waals surface area contributed by atoms with Gasteiger partial charge in [0.1, 0.15) is 35.0 Å². The van der Waals surface area contributed by atoms with Crippen LogP contribution in [0.25, 0.3) is 0 Å². The Kier molecular flexibility index (Phi) is 7.24. The molecule has 3 atom stereocenters. The Morgan fingerprint density at radius 3 is 2.76 bits per heavy atom. The predicted molar refractivity (Wildman–Crippen MR) is 142 cm³/mol. The molecule has 3 heterocycles. The lowest BCUT2D eigenvalue weighted by molar-refractivity contribution is -0.131. The van der Waals surface area contributed by atoms with Crippen LogP contribution >= 0.6 is 0 Å². The fourth-order valence-corrected chi connectivity index (χ4v) is 6.10. The average Bonchev–Trinajstić information content (AvgIpc) is 3.33. The van der Waals surface area contributed by atoms with E-state index in [1.54, 1.807) is 12.3 Å². The number of likely N-dealkylation sites (N-methyl/N-ethyl adjacent to an activating group) is 1. The summed E-state index contributed by atoms with van der Waals surface area (Å²) in [4.78, 5) is 28.8. The Hall–Kier alpha value is -3.33. The van der Waals surface area contributed by atoms with E-state index in [2.05, 4.69) is 32.2 Å². The quantitative estimate of drug-likeness (QED) is 0.452. The third-order valence-electron chi connectivity index (χ3n) is 8.14. The number of aromatic nitrogens is 3. The lowest BCUT2D eigenvalue weighted by Gasteiger charge is -2.39. The molecule has 2 fully saturated rings. The van der Waals surface area contributed by atoms with Gasteiger partial charge in [-0.25, -0.2) is 9.97 Å². The summed E-state index contributed by atoms with van der Waals surface area (Å²) in [5.74, 6) is 1.72. The first-order valence-electron chi connectivity index (χ1n) is 13.4. The Bertz CT molecular complexity index is 1200.